The van der Waals surface area contributed by atoms with Gasteiger partial charge in [-0.3, -0.25) is 42.6 Å². The number of H-pyrrole nitrogens is 1. The van der Waals surface area contributed by atoms with Crippen molar-refractivity contribution in [1.82, 2.24) is 25.5 Å². The summed E-state index contributed by atoms with van der Waals surface area (Å²) in [5.74, 6) is -6.80. The number of Topliss-reactive ketones (excluding diaryl/α,β-unsaturated/α-hetero) is 3. The quantitative estimate of drug-likeness (QED) is 0.0562. The molecule has 0 aromatic carbocycles. The van der Waals surface area contributed by atoms with Gasteiger partial charge in [0.2, 0.25) is 23.6 Å². The van der Waals surface area contributed by atoms with Crippen LogP contribution in [0.25, 0.3) is 0 Å². The number of phosphoric ester groups is 1. The number of ketones is 3. The molecule has 24 heteroatoms. The summed E-state index contributed by atoms with van der Waals surface area (Å²) in [5, 5.41) is 15.5. The molecule has 3 heterocycles. The highest BCUT2D eigenvalue weighted by Crippen LogP contribution is 2.46. The van der Waals surface area contributed by atoms with E-state index in [-0.39, 0.29) is 89.0 Å². The molecule has 9 atom stereocenters. The first kappa shape index (κ1) is 56.3. The molecule has 0 aliphatic carbocycles. The lowest BCUT2D eigenvalue weighted by atomic mass is 9.89. The molecule has 9 N–H and O–H groups in total. The van der Waals surface area contributed by atoms with E-state index in [4.69, 9.17) is 34.7 Å². The second kappa shape index (κ2) is 29.0. The first-order chi connectivity index (χ1) is 31.3. The number of carbonyl (C=O) groups excluding carboxylic acids is 7. The molecule has 1 saturated heterocycles. The average molecular weight is 974 g/mol. The van der Waals surface area contributed by atoms with Gasteiger partial charge in [0.15, 0.2) is 11.6 Å². The normalized spacial score (nSPS) is 27.8. The number of hydrogen-bond donors (Lipinski definition) is 8. The molecule has 0 saturated carbocycles. The summed E-state index contributed by atoms with van der Waals surface area (Å²) < 4.78 is 40.1. The van der Waals surface area contributed by atoms with Gasteiger partial charge in [-0.05, 0) is 44.6 Å². The number of nitrogens with two attached hydrogens (primary N) is 2. The first-order valence-electron chi connectivity index (χ1n) is 22.2. The fourth-order valence-corrected chi connectivity index (χ4v) is 8.49. The summed E-state index contributed by atoms with van der Waals surface area (Å²) in [6.07, 6.45) is 4.08. The smallest absolute Gasteiger partial charge is 0.472 e. The predicted molar refractivity (Wildman–Crippen MR) is 240 cm³/mol. The summed E-state index contributed by atoms with van der Waals surface area (Å²) in [6.45, 7) is 4.56. The molecule has 66 heavy (non-hydrogen) atoms. The van der Waals surface area contributed by atoms with Crippen molar-refractivity contribution in [2.45, 2.75) is 121 Å². The number of imidazole rings is 1. The number of hydrogen-bond acceptors (Lipinski definition) is 17. The van der Waals surface area contributed by atoms with Gasteiger partial charge in [-0.1, -0.05) is 13.8 Å². The Labute approximate surface area is 390 Å². The van der Waals surface area contributed by atoms with E-state index in [2.05, 4.69) is 33.2 Å². The molecule has 3 rings (SSSR count). The number of primary amides is 1. The fourth-order valence-electron chi connectivity index (χ4n) is 7.30. The highest BCUT2D eigenvalue weighted by molar-refractivity contribution is 7.80. The van der Waals surface area contributed by atoms with Crippen molar-refractivity contribution in [2.24, 2.45) is 29.2 Å². The lowest BCUT2D eigenvalue weighted by Crippen LogP contribution is -2.52. The maximum atomic E-state index is 14.2. The molecule has 2 bridgehead atoms. The maximum absolute atomic E-state index is 14.2. The number of nitrogens with one attached hydrogen (secondary N) is 3. The summed E-state index contributed by atoms with van der Waals surface area (Å²) in [6, 6.07) is -4.33. The van der Waals surface area contributed by atoms with E-state index >= 15 is 0 Å². The van der Waals surface area contributed by atoms with Crippen LogP contribution < -0.4 is 22.1 Å². The number of nitrogens with zero attached hydrogens (tertiary/aromatic N) is 2. The molecular formula is C42H68N7O15PS. The van der Waals surface area contributed by atoms with Crippen LogP contribution in [0, 0.1) is 17.8 Å². The number of fused-ring (bicyclic) bond motifs is 2. The average Bonchev–Trinajstić information content (AvgIpc) is 3.95. The number of likely N-dealkylation sites (tertiary alicyclic amines) is 1. The maximum Gasteiger partial charge on any atom is 0.472 e. The summed E-state index contributed by atoms with van der Waals surface area (Å²) in [4.78, 5) is 112. The van der Waals surface area contributed by atoms with Gasteiger partial charge in [0, 0.05) is 56.4 Å². The third-order valence-corrected chi connectivity index (χ3v) is 12.5. The van der Waals surface area contributed by atoms with Gasteiger partial charge >= 0.3 is 7.82 Å². The second-order valence-electron chi connectivity index (χ2n) is 16.8. The van der Waals surface area contributed by atoms with E-state index in [1.54, 1.807) is 6.08 Å². The molecule has 1 unspecified atom stereocenters. The number of thiol groups is 1. The Hall–Kier alpha value is -4.06. The largest absolute Gasteiger partial charge is 0.496 e. The van der Waals surface area contributed by atoms with Crippen LogP contribution in [-0.2, 0) is 67.8 Å². The lowest BCUT2D eigenvalue weighted by molar-refractivity contribution is -0.140. The number of rotatable bonds is 18. The van der Waals surface area contributed by atoms with Crippen molar-refractivity contribution in [2.75, 3.05) is 51.9 Å². The number of aromatic nitrogens is 2. The number of aliphatic hydroxyl groups excluding tert-OH is 1. The molecule has 2 aliphatic heterocycles. The van der Waals surface area contributed by atoms with E-state index in [1.165, 1.54) is 30.6 Å². The Morgan fingerprint density at radius 2 is 1.73 bits per heavy atom. The molecule has 0 radical (unpaired) electrons. The molecule has 1 fully saturated rings. The predicted octanol–water partition coefficient (Wildman–Crippen LogP) is 0.442. The molecule has 22 nitrogen and oxygen atoms in total. The molecular weight excluding hydrogens is 906 g/mol. The minimum Gasteiger partial charge on any atom is -0.496 e. The molecule has 2 aliphatic rings. The van der Waals surface area contributed by atoms with E-state index in [0.29, 0.717) is 25.1 Å². The molecule has 4 amide bonds. The number of carbonyl (C=O) groups is 7. The van der Waals surface area contributed by atoms with E-state index < -0.39 is 111 Å². The van der Waals surface area contributed by atoms with Crippen molar-refractivity contribution in [3.05, 3.63) is 30.6 Å². The third kappa shape index (κ3) is 19.7. The van der Waals surface area contributed by atoms with Crippen LogP contribution in [0.2, 0.25) is 0 Å². The van der Waals surface area contributed by atoms with Crippen LogP contribution >= 0.6 is 20.5 Å². The standard InChI is InChI=1S/C42H68N7O15PS/c1-26(2)16-33-37(52)18-28(17-29-21-45-25-46-29)41(56)48-34(23-50)38(53)20-31(40(44)55)27(3)64-65(58,59)63-12-6-4-5-11-62-30-19-35(42(57)47-33)49(22-30)39(54)9-13-61-15-14-60-10-7-8-36(51)32(43)24-66/h5,11,21,25-28,30-35,50,66H,4,6-10,12-20,22-24,43H2,1-3H3,(H2,44,55)(H,45,46)(H,47,57)(H,48,56)(H,58,59)/b11-5-/t27-,28-,30-,31+,32+,33+,34+,35+/m1/s1. The second-order valence-corrected chi connectivity index (χ2v) is 18.5. The number of ether oxygens (including phenoxy) is 3. The number of phosphoric acid groups is 1. The highest BCUT2D eigenvalue weighted by atomic mass is 32.1. The molecule has 0 spiro atoms. The minimum atomic E-state index is -4.77. The first-order valence-corrected chi connectivity index (χ1v) is 24.3. The monoisotopic (exact) mass is 973 g/mol. The Morgan fingerprint density at radius 1 is 1.03 bits per heavy atom. The number of allylic oxidation sites excluding steroid dienone is 1. The van der Waals surface area contributed by atoms with Gasteiger partial charge in [0.1, 0.15) is 24.0 Å². The Balaban J connectivity index is 1.83. The lowest BCUT2D eigenvalue weighted by Gasteiger charge is -2.28. The van der Waals surface area contributed by atoms with Gasteiger partial charge in [0.05, 0.1) is 88.6 Å². The summed E-state index contributed by atoms with van der Waals surface area (Å²) >= 11 is 4.03. The Morgan fingerprint density at radius 3 is 2.38 bits per heavy atom. The zero-order valence-electron chi connectivity index (χ0n) is 37.9. The van der Waals surface area contributed by atoms with E-state index in [1.807, 2.05) is 13.8 Å². The highest BCUT2D eigenvalue weighted by Gasteiger charge is 2.42. The Bertz CT molecular complexity index is 1820. The third-order valence-electron chi connectivity index (χ3n) is 11.0. The van der Waals surface area contributed by atoms with Crippen LogP contribution in [-0.4, -0.2) is 154 Å². The van der Waals surface area contributed by atoms with Crippen molar-refractivity contribution >= 4 is 61.4 Å². The van der Waals surface area contributed by atoms with Crippen molar-refractivity contribution < 1.29 is 71.4 Å². The van der Waals surface area contributed by atoms with E-state index in [0.717, 1.165) is 0 Å². The molecule has 372 valence electrons. The van der Waals surface area contributed by atoms with Crippen LogP contribution in [0.3, 0.4) is 0 Å². The molecule has 1 aromatic heterocycles. The summed E-state index contributed by atoms with van der Waals surface area (Å²) in [7, 11) is -4.77. The van der Waals surface area contributed by atoms with E-state index in [9.17, 15) is 48.1 Å². The fraction of sp³-hybridized carbons (Fsp3) is 0.714. The van der Waals surface area contributed by atoms with Crippen molar-refractivity contribution in [1.29, 1.82) is 0 Å². The number of amides is 4. The number of aliphatic hydroxyl groups is 1. The van der Waals surface area contributed by atoms with Crippen LogP contribution in [0.5, 0.6) is 0 Å². The van der Waals surface area contributed by atoms with Crippen LogP contribution in [0.4, 0.5) is 0 Å². The van der Waals surface area contributed by atoms with Crippen molar-refractivity contribution in [3.63, 3.8) is 0 Å². The van der Waals surface area contributed by atoms with Crippen LogP contribution in [0.15, 0.2) is 24.9 Å². The zero-order valence-corrected chi connectivity index (χ0v) is 39.7. The Kier molecular flexibility index (Phi) is 24.7. The van der Waals surface area contributed by atoms with Crippen molar-refractivity contribution in [3.8, 4) is 0 Å². The van der Waals surface area contributed by atoms with Gasteiger partial charge < -0.3 is 56.2 Å². The van der Waals surface area contributed by atoms with Gasteiger partial charge in [-0.25, -0.2) is 9.55 Å². The SMILES string of the molecule is CC(C)C[C@@H]1NC(=O)[C@@H]2C[C@H](CN2C(=O)CCOCCOCCCC(=O)[C@@H](N)CS)O/C=C\CCCOP(=O)(O)O[C@H](C)[C@@H](C(N)=O)CC(=O)[C@H](CO)NC(=O)[C@H](Cc2cnc[nH]2)CC1=O. The van der Waals surface area contributed by atoms with Crippen LogP contribution in [0.1, 0.15) is 84.3 Å². The van der Waals surface area contributed by atoms with Gasteiger partial charge in [-0.2, -0.15) is 12.6 Å². The zero-order chi connectivity index (χ0) is 48.8. The topological polar surface area (TPSA) is 331 Å². The van der Waals surface area contributed by atoms with Gasteiger partial charge in [0.25, 0.3) is 0 Å². The number of aromatic amines is 1. The molecule has 1 aromatic rings. The minimum absolute atomic E-state index is 0.0171. The summed E-state index contributed by atoms with van der Waals surface area (Å²) in [5.41, 5.74) is 11.7. The van der Waals surface area contributed by atoms with Gasteiger partial charge in [-0.15, -0.1) is 0 Å².